The van der Waals surface area contributed by atoms with E-state index < -0.39 is 4.92 Å². The van der Waals surface area contributed by atoms with Gasteiger partial charge in [0.15, 0.2) is 0 Å². The Balaban J connectivity index is 2.87. The fourth-order valence-corrected chi connectivity index (χ4v) is 0.613. The molecule has 0 saturated carbocycles. The molecular weight excluding hydrogens is 132 g/mol. The number of nitrogens with zero attached hydrogens (tertiary/aromatic N) is 1. The molecule has 0 spiro atoms. The largest absolute Gasteiger partial charge is 0.348 e. The van der Waals surface area contributed by atoms with Crippen LogP contribution >= 0.6 is 0 Å². The Morgan fingerprint density at radius 1 is 1.60 bits per heavy atom. The summed E-state index contributed by atoms with van der Waals surface area (Å²) in [5.74, 6) is 0. The summed E-state index contributed by atoms with van der Waals surface area (Å²) in [4.78, 5) is 9.64. The van der Waals surface area contributed by atoms with Crippen LogP contribution in [0.1, 0.15) is 0 Å². The van der Waals surface area contributed by atoms with Crippen molar-refractivity contribution in [2.75, 3.05) is 0 Å². The van der Waals surface area contributed by atoms with Crippen LogP contribution in [0.3, 0.4) is 0 Å². The fraction of sp³-hybridized carbons (Fsp3) is 0. The van der Waals surface area contributed by atoms with Crippen LogP contribution in [0.2, 0.25) is 0 Å². The lowest BCUT2D eigenvalue weighted by Gasteiger charge is -1.95. The van der Waals surface area contributed by atoms with Crippen molar-refractivity contribution in [1.82, 2.24) is 0 Å². The molecule has 10 heavy (non-hydrogen) atoms. The SMILES string of the molecule is [NH3+]C1=C[C]([N+](=O)[O-])C=C=C1. The number of quaternary nitrogens is 1. The molecule has 0 aromatic heterocycles. The van der Waals surface area contributed by atoms with Crippen LogP contribution < -0.4 is 5.73 Å². The van der Waals surface area contributed by atoms with Gasteiger partial charge in [-0.3, -0.25) is 10.1 Å². The molecule has 0 atom stereocenters. The molecule has 1 aliphatic carbocycles. The van der Waals surface area contributed by atoms with Gasteiger partial charge in [0.25, 0.3) is 0 Å². The second-order valence-electron chi connectivity index (χ2n) is 1.86. The van der Waals surface area contributed by atoms with Crippen molar-refractivity contribution in [1.29, 1.82) is 0 Å². The summed E-state index contributed by atoms with van der Waals surface area (Å²) in [6.45, 7) is 0. The average molecular weight is 138 g/mol. The number of nitro groups is 1. The Morgan fingerprint density at radius 2 is 2.30 bits per heavy atom. The number of hydrogen-bond donors (Lipinski definition) is 1. The van der Waals surface area contributed by atoms with E-state index in [2.05, 4.69) is 11.5 Å². The summed E-state index contributed by atoms with van der Waals surface area (Å²) in [6, 6.07) is 0.0347. The van der Waals surface area contributed by atoms with E-state index in [0.29, 0.717) is 5.70 Å². The van der Waals surface area contributed by atoms with E-state index in [-0.39, 0.29) is 6.04 Å². The monoisotopic (exact) mass is 138 g/mol. The predicted molar refractivity (Wildman–Crippen MR) is 33.9 cm³/mol. The zero-order valence-electron chi connectivity index (χ0n) is 5.20. The van der Waals surface area contributed by atoms with Gasteiger partial charge in [0.05, 0.1) is 6.08 Å². The molecule has 0 aromatic rings. The van der Waals surface area contributed by atoms with E-state index in [1.165, 1.54) is 12.2 Å². The minimum atomic E-state index is -0.467. The van der Waals surface area contributed by atoms with Gasteiger partial charge in [-0.2, -0.15) is 0 Å². The van der Waals surface area contributed by atoms with Crippen molar-refractivity contribution in [2.24, 2.45) is 0 Å². The first-order chi connectivity index (χ1) is 4.70. The van der Waals surface area contributed by atoms with Crippen molar-refractivity contribution in [2.45, 2.75) is 0 Å². The number of hydrogen-bond acceptors (Lipinski definition) is 2. The van der Waals surface area contributed by atoms with Gasteiger partial charge in [0, 0.05) is 17.1 Å². The molecule has 0 unspecified atom stereocenters. The van der Waals surface area contributed by atoms with Crippen LogP contribution in [0.25, 0.3) is 0 Å². The zero-order valence-corrected chi connectivity index (χ0v) is 5.20. The predicted octanol–water partition coefficient (Wildman–Crippen LogP) is -0.354. The molecule has 3 N–H and O–H groups in total. The van der Waals surface area contributed by atoms with Gasteiger partial charge < -0.3 is 5.73 Å². The molecular formula is C6H6N2O2+. The van der Waals surface area contributed by atoms with E-state index in [4.69, 9.17) is 0 Å². The summed E-state index contributed by atoms with van der Waals surface area (Å²) in [6.07, 6.45) is 4.30. The summed E-state index contributed by atoms with van der Waals surface area (Å²) in [7, 11) is 0. The molecule has 1 rings (SSSR count). The van der Waals surface area contributed by atoms with E-state index in [1.54, 1.807) is 6.08 Å². The lowest BCUT2D eigenvalue weighted by atomic mass is 10.2. The number of rotatable bonds is 1. The summed E-state index contributed by atoms with van der Waals surface area (Å²) < 4.78 is 0. The van der Waals surface area contributed by atoms with Gasteiger partial charge in [-0.05, 0) is 0 Å². The van der Waals surface area contributed by atoms with Crippen LogP contribution in [0.5, 0.6) is 0 Å². The molecule has 4 nitrogen and oxygen atoms in total. The van der Waals surface area contributed by atoms with E-state index in [1.807, 2.05) is 0 Å². The van der Waals surface area contributed by atoms with Crippen molar-refractivity contribution in [3.63, 3.8) is 0 Å². The van der Waals surface area contributed by atoms with Gasteiger partial charge in [-0.15, -0.1) is 5.73 Å². The number of allylic oxidation sites excluding steroid dienone is 1. The van der Waals surface area contributed by atoms with Gasteiger partial charge in [-0.1, -0.05) is 0 Å². The Kier molecular flexibility index (Phi) is 1.67. The van der Waals surface area contributed by atoms with Crippen molar-refractivity contribution in [3.05, 3.63) is 45.8 Å². The van der Waals surface area contributed by atoms with Crippen LogP contribution in [-0.2, 0) is 0 Å². The first kappa shape index (κ1) is 6.74. The third-order valence-corrected chi connectivity index (χ3v) is 1.04. The average Bonchev–Trinajstić information content (AvgIpc) is 1.88. The highest BCUT2D eigenvalue weighted by atomic mass is 16.6. The highest BCUT2D eigenvalue weighted by Crippen LogP contribution is 2.08. The van der Waals surface area contributed by atoms with E-state index in [0.717, 1.165) is 0 Å². The second-order valence-corrected chi connectivity index (χ2v) is 1.86. The fourth-order valence-electron chi connectivity index (χ4n) is 0.613. The molecule has 0 saturated heterocycles. The van der Waals surface area contributed by atoms with E-state index in [9.17, 15) is 10.1 Å². The lowest BCUT2D eigenvalue weighted by molar-refractivity contribution is -0.449. The molecule has 0 amide bonds. The third kappa shape index (κ3) is 1.31. The molecule has 1 radical (unpaired) electrons. The van der Waals surface area contributed by atoms with Gasteiger partial charge >= 0.3 is 6.04 Å². The van der Waals surface area contributed by atoms with Crippen LogP contribution in [-0.4, -0.2) is 4.92 Å². The standard InChI is InChI=1S/C6H5N2O2/c7-5-2-1-3-6(4-5)8(9)10/h2-4H,7H2/p+1. The first-order valence-electron chi connectivity index (χ1n) is 2.67. The summed E-state index contributed by atoms with van der Waals surface area (Å²) in [5, 5.41) is 10.1. The van der Waals surface area contributed by atoms with Crippen molar-refractivity contribution < 1.29 is 10.7 Å². The Bertz CT molecular complexity index is 248. The molecule has 4 heteroatoms. The molecule has 0 aromatic carbocycles. The highest BCUT2D eigenvalue weighted by Gasteiger charge is 2.19. The quantitative estimate of drug-likeness (QED) is 0.305. The molecule has 0 fully saturated rings. The third-order valence-electron chi connectivity index (χ3n) is 1.04. The van der Waals surface area contributed by atoms with Gasteiger partial charge in [-0.25, -0.2) is 0 Å². The zero-order chi connectivity index (χ0) is 7.56. The molecule has 0 bridgehead atoms. The highest BCUT2D eigenvalue weighted by molar-refractivity contribution is 5.27. The normalized spacial score (nSPS) is 17.1. The van der Waals surface area contributed by atoms with Crippen molar-refractivity contribution in [3.8, 4) is 0 Å². The molecule has 0 aliphatic heterocycles. The minimum absolute atomic E-state index is 0.0347. The minimum Gasteiger partial charge on any atom is -0.325 e. The smallest absolute Gasteiger partial charge is 0.325 e. The molecule has 0 heterocycles. The van der Waals surface area contributed by atoms with Crippen LogP contribution in [0.4, 0.5) is 0 Å². The maximum atomic E-state index is 10.1. The van der Waals surface area contributed by atoms with E-state index >= 15 is 0 Å². The van der Waals surface area contributed by atoms with Gasteiger partial charge in [0.1, 0.15) is 5.70 Å². The molecule has 1 aliphatic rings. The topological polar surface area (TPSA) is 70.8 Å². The van der Waals surface area contributed by atoms with Crippen molar-refractivity contribution >= 4 is 0 Å². The Morgan fingerprint density at radius 3 is 2.70 bits per heavy atom. The Labute approximate surface area is 57.5 Å². The summed E-state index contributed by atoms with van der Waals surface area (Å²) >= 11 is 0. The maximum Gasteiger partial charge on any atom is 0.348 e. The van der Waals surface area contributed by atoms with Crippen LogP contribution in [0.15, 0.2) is 29.7 Å². The van der Waals surface area contributed by atoms with Crippen LogP contribution in [0, 0.1) is 16.2 Å². The summed E-state index contributed by atoms with van der Waals surface area (Å²) in [5.41, 5.74) is 6.74. The second kappa shape index (κ2) is 2.47. The van der Waals surface area contributed by atoms with Gasteiger partial charge in [0.2, 0.25) is 0 Å². The lowest BCUT2D eigenvalue weighted by Crippen LogP contribution is -2.47. The molecule has 51 valence electrons. The maximum absolute atomic E-state index is 10.1. The first-order valence-corrected chi connectivity index (χ1v) is 2.67. The Hall–Kier alpha value is -1.38.